The third-order valence-corrected chi connectivity index (χ3v) is 3.06. The number of aromatic amines is 1. The zero-order valence-corrected chi connectivity index (χ0v) is 10.7. The van der Waals surface area contributed by atoms with Gasteiger partial charge in [0.05, 0.1) is 6.04 Å². The molecule has 18 heavy (non-hydrogen) atoms. The highest BCUT2D eigenvalue weighted by molar-refractivity contribution is 6.30. The molecule has 2 unspecified atom stereocenters. The van der Waals surface area contributed by atoms with Gasteiger partial charge in [-0.1, -0.05) is 30.3 Å². The number of halogens is 1. The van der Waals surface area contributed by atoms with Crippen LogP contribution in [0.1, 0.15) is 29.7 Å². The molecule has 0 aliphatic heterocycles. The van der Waals surface area contributed by atoms with Crippen LogP contribution < -0.4 is 5.32 Å². The summed E-state index contributed by atoms with van der Waals surface area (Å²) >= 11 is 6.12. The Hall–Kier alpha value is -1.81. The number of hydrogen-bond donors (Lipinski definition) is 2. The summed E-state index contributed by atoms with van der Waals surface area (Å²) in [7, 11) is 0. The lowest BCUT2D eigenvalue weighted by atomic mass is 10.1. The molecule has 2 aromatic rings. The van der Waals surface area contributed by atoms with E-state index >= 15 is 0 Å². The zero-order valence-electron chi connectivity index (χ0n) is 9.93. The van der Waals surface area contributed by atoms with Crippen molar-refractivity contribution < 1.29 is 4.79 Å². The number of hydrogen-bond acceptors (Lipinski definition) is 2. The summed E-state index contributed by atoms with van der Waals surface area (Å²) in [6.45, 7) is 1.85. The lowest BCUT2D eigenvalue weighted by Gasteiger charge is -2.15. The SMILES string of the molecule is CC(NC(=O)C(Cl)c1ccccc1)c1ncc[nH]1. The van der Waals surface area contributed by atoms with E-state index in [-0.39, 0.29) is 11.9 Å². The molecule has 0 saturated carbocycles. The van der Waals surface area contributed by atoms with E-state index in [4.69, 9.17) is 11.6 Å². The van der Waals surface area contributed by atoms with E-state index in [1.807, 2.05) is 37.3 Å². The highest BCUT2D eigenvalue weighted by Crippen LogP contribution is 2.21. The highest BCUT2D eigenvalue weighted by atomic mass is 35.5. The molecule has 1 heterocycles. The average Bonchev–Trinajstić information content (AvgIpc) is 2.92. The van der Waals surface area contributed by atoms with Crippen molar-refractivity contribution in [2.75, 3.05) is 0 Å². The summed E-state index contributed by atoms with van der Waals surface area (Å²) in [5.41, 5.74) is 0.781. The van der Waals surface area contributed by atoms with Crippen LogP contribution in [0.15, 0.2) is 42.7 Å². The average molecular weight is 264 g/mol. The summed E-state index contributed by atoms with van der Waals surface area (Å²) in [5, 5.41) is 2.12. The van der Waals surface area contributed by atoms with Crippen LogP contribution in [0.25, 0.3) is 0 Å². The third-order valence-electron chi connectivity index (χ3n) is 2.61. The molecule has 2 atom stereocenters. The number of carbonyl (C=O) groups excluding carboxylic acids is 1. The van der Waals surface area contributed by atoms with E-state index in [0.29, 0.717) is 5.82 Å². The van der Waals surface area contributed by atoms with Crippen LogP contribution in [0.3, 0.4) is 0 Å². The minimum atomic E-state index is -0.691. The molecule has 2 rings (SSSR count). The van der Waals surface area contributed by atoms with E-state index < -0.39 is 5.38 Å². The van der Waals surface area contributed by atoms with Crippen molar-refractivity contribution in [3.8, 4) is 0 Å². The first-order valence-electron chi connectivity index (χ1n) is 5.67. The van der Waals surface area contributed by atoms with Crippen LogP contribution in [0.4, 0.5) is 0 Å². The Bertz CT molecular complexity index is 498. The van der Waals surface area contributed by atoms with Gasteiger partial charge in [0.1, 0.15) is 11.2 Å². The molecular formula is C13H14ClN3O. The van der Waals surface area contributed by atoms with Gasteiger partial charge in [0.15, 0.2) is 0 Å². The van der Waals surface area contributed by atoms with Crippen molar-refractivity contribution in [2.24, 2.45) is 0 Å². The maximum Gasteiger partial charge on any atom is 0.243 e. The molecule has 5 heteroatoms. The molecule has 0 aliphatic carbocycles. The molecule has 0 bridgehead atoms. The molecule has 0 spiro atoms. The van der Waals surface area contributed by atoms with Gasteiger partial charge in [-0.2, -0.15) is 0 Å². The fourth-order valence-electron chi connectivity index (χ4n) is 1.64. The van der Waals surface area contributed by atoms with Gasteiger partial charge < -0.3 is 10.3 Å². The molecule has 1 aromatic heterocycles. The summed E-state index contributed by atoms with van der Waals surface area (Å²) in [6, 6.07) is 9.06. The first kappa shape index (κ1) is 12.6. The maximum atomic E-state index is 12.0. The molecule has 0 radical (unpaired) electrons. The van der Waals surface area contributed by atoms with Crippen LogP contribution >= 0.6 is 11.6 Å². The zero-order chi connectivity index (χ0) is 13.0. The fourth-order valence-corrected chi connectivity index (χ4v) is 1.85. The molecule has 0 aliphatic rings. The van der Waals surface area contributed by atoms with Gasteiger partial charge in [0.2, 0.25) is 5.91 Å². The lowest BCUT2D eigenvalue weighted by Crippen LogP contribution is -2.30. The molecule has 2 N–H and O–H groups in total. The Morgan fingerprint density at radius 2 is 2.11 bits per heavy atom. The molecule has 4 nitrogen and oxygen atoms in total. The normalized spacial score (nSPS) is 13.9. The van der Waals surface area contributed by atoms with Crippen molar-refractivity contribution in [1.29, 1.82) is 0 Å². The van der Waals surface area contributed by atoms with Gasteiger partial charge in [-0.25, -0.2) is 4.98 Å². The van der Waals surface area contributed by atoms with Gasteiger partial charge in [0.25, 0.3) is 0 Å². The number of H-pyrrole nitrogens is 1. The summed E-state index contributed by atoms with van der Waals surface area (Å²) in [5.74, 6) is 0.479. The van der Waals surface area contributed by atoms with E-state index in [0.717, 1.165) is 5.56 Å². The predicted octanol–water partition coefficient (Wildman–Crippen LogP) is 2.57. The van der Waals surface area contributed by atoms with E-state index in [9.17, 15) is 4.79 Å². The Balaban J connectivity index is 2.00. The van der Waals surface area contributed by atoms with E-state index in [1.165, 1.54) is 0 Å². The topological polar surface area (TPSA) is 57.8 Å². The number of nitrogens with one attached hydrogen (secondary N) is 2. The Kier molecular flexibility index (Phi) is 3.99. The van der Waals surface area contributed by atoms with Gasteiger partial charge in [-0.3, -0.25) is 4.79 Å². The maximum absolute atomic E-state index is 12.0. The minimum Gasteiger partial charge on any atom is -0.347 e. The van der Waals surface area contributed by atoms with Crippen molar-refractivity contribution >= 4 is 17.5 Å². The second-order valence-corrected chi connectivity index (χ2v) is 4.41. The molecule has 0 saturated heterocycles. The summed E-state index contributed by atoms with van der Waals surface area (Å²) in [6.07, 6.45) is 3.36. The molecule has 0 fully saturated rings. The number of alkyl halides is 1. The van der Waals surface area contributed by atoms with Crippen LogP contribution in [0.5, 0.6) is 0 Å². The standard InChI is InChI=1S/C13H14ClN3O/c1-9(12-15-7-8-16-12)17-13(18)11(14)10-5-3-2-4-6-10/h2-9,11H,1H3,(H,15,16)(H,17,18). The van der Waals surface area contributed by atoms with Gasteiger partial charge in [-0.15, -0.1) is 11.6 Å². The highest BCUT2D eigenvalue weighted by Gasteiger charge is 2.20. The summed E-state index contributed by atoms with van der Waals surface area (Å²) < 4.78 is 0. The predicted molar refractivity (Wildman–Crippen MR) is 70.2 cm³/mol. The number of aromatic nitrogens is 2. The molecule has 1 amide bonds. The first-order chi connectivity index (χ1) is 8.68. The number of rotatable bonds is 4. The third kappa shape index (κ3) is 2.90. The lowest BCUT2D eigenvalue weighted by molar-refractivity contribution is -0.121. The Labute approximate surface area is 110 Å². The Morgan fingerprint density at radius 3 is 2.72 bits per heavy atom. The quantitative estimate of drug-likeness (QED) is 0.833. The van der Waals surface area contributed by atoms with E-state index in [2.05, 4.69) is 15.3 Å². The number of carbonyl (C=O) groups is 1. The van der Waals surface area contributed by atoms with Crippen LogP contribution in [-0.2, 0) is 4.79 Å². The van der Waals surface area contributed by atoms with Gasteiger partial charge in [0, 0.05) is 12.4 Å². The van der Waals surface area contributed by atoms with Crippen LogP contribution in [0.2, 0.25) is 0 Å². The van der Waals surface area contributed by atoms with E-state index in [1.54, 1.807) is 12.4 Å². The summed E-state index contributed by atoms with van der Waals surface area (Å²) in [4.78, 5) is 19.0. The fraction of sp³-hybridized carbons (Fsp3) is 0.231. The van der Waals surface area contributed by atoms with Crippen molar-refractivity contribution in [2.45, 2.75) is 18.3 Å². The number of amides is 1. The van der Waals surface area contributed by atoms with Gasteiger partial charge in [-0.05, 0) is 12.5 Å². The number of nitrogens with zero attached hydrogens (tertiary/aromatic N) is 1. The molecular weight excluding hydrogens is 250 g/mol. The largest absolute Gasteiger partial charge is 0.347 e. The monoisotopic (exact) mass is 263 g/mol. The number of imidazole rings is 1. The van der Waals surface area contributed by atoms with Gasteiger partial charge >= 0.3 is 0 Å². The van der Waals surface area contributed by atoms with Crippen LogP contribution in [0, 0.1) is 0 Å². The van der Waals surface area contributed by atoms with Crippen molar-refractivity contribution in [3.63, 3.8) is 0 Å². The smallest absolute Gasteiger partial charge is 0.243 e. The second kappa shape index (κ2) is 5.69. The number of benzene rings is 1. The van der Waals surface area contributed by atoms with Crippen molar-refractivity contribution in [3.05, 3.63) is 54.1 Å². The Morgan fingerprint density at radius 1 is 1.39 bits per heavy atom. The molecule has 94 valence electrons. The minimum absolute atomic E-state index is 0.197. The second-order valence-electron chi connectivity index (χ2n) is 3.98. The first-order valence-corrected chi connectivity index (χ1v) is 6.11. The molecule has 1 aromatic carbocycles. The van der Waals surface area contributed by atoms with Crippen molar-refractivity contribution in [1.82, 2.24) is 15.3 Å². The van der Waals surface area contributed by atoms with Crippen LogP contribution in [-0.4, -0.2) is 15.9 Å².